The molecule has 0 aromatic heterocycles. The van der Waals surface area contributed by atoms with Crippen LogP contribution in [0.1, 0.15) is 29.9 Å². The van der Waals surface area contributed by atoms with Crippen LogP contribution in [0, 0.1) is 5.92 Å². The van der Waals surface area contributed by atoms with E-state index in [1.54, 1.807) is 6.08 Å². The van der Waals surface area contributed by atoms with Gasteiger partial charge in [-0.25, -0.2) is 4.79 Å². The summed E-state index contributed by atoms with van der Waals surface area (Å²) in [7, 11) is 0. The molecule has 1 heterocycles. The fourth-order valence-corrected chi connectivity index (χ4v) is 4.56. The van der Waals surface area contributed by atoms with Gasteiger partial charge in [0.15, 0.2) is 0 Å². The van der Waals surface area contributed by atoms with Crippen LogP contribution in [0.5, 0.6) is 0 Å². The minimum absolute atomic E-state index is 0.0391. The van der Waals surface area contributed by atoms with Gasteiger partial charge >= 0.3 is 12.1 Å². The molecule has 2 aliphatic rings. The lowest BCUT2D eigenvalue weighted by molar-refractivity contribution is -0.142. The number of nitrogens with one attached hydrogen (secondary N) is 2. The number of ether oxygens (including phenoxy) is 2. The number of benzene rings is 2. The van der Waals surface area contributed by atoms with Gasteiger partial charge in [0.1, 0.15) is 18.6 Å². The van der Waals surface area contributed by atoms with Crippen LogP contribution in [0.4, 0.5) is 4.79 Å². The van der Waals surface area contributed by atoms with Crippen LogP contribution in [-0.4, -0.2) is 55.0 Å². The van der Waals surface area contributed by atoms with Gasteiger partial charge in [0.25, 0.3) is 0 Å². The molecule has 0 bridgehead atoms. The second-order valence-corrected chi connectivity index (χ2v) is 8.49. The minimum atomic E-state index is -1.03. The maximum absolute atomic E-state index is 12.8. The lowest BCUT2D eigenvalue weighted by Gasteiger charge is -2.22. The number of rotatable bonds is 9. The highest BCUT2D eigenvalue weighted by molar-refractivity contribution is 5.86. The largest absolute Gasteiger partial charge is 0.481 e. The Balaban J connectivity index is 1.39. The summed E-state index contributed by atoms with van der Waals surface area (Å²) >= 11 is 0. The van der Waals surface area contributed by atoms with Crippen molar-refractivity contribution in [3.63, 3.8) is 0 Å². The Morgan fingerprint density at radius 1 is 1.09 bits per heavy atom. The first-order valence-electron chi connectivity index (χ1n) is 11.3. The number of amides is 2. The highest BCUT2D eigenvalue weighted by Gasteiger charge is 2.36. The number of carboxylic acid groups (broad SMARTS) is 1. The van der Waals surface area contributed by atoms with Gasteiger partial charge < -0.3 is 25.2 Å². The van der Waals surface area contributed by atoms with Gasteiger partial charge in [-0.05, 0) is 35.1 Å². The number of carbonyl (C=O) groups excluding carboxylic acids is 2. The molecule has 2 aromatic carbocycles. The van der Waals surface area contributed by atoms with Crippen molar-refractivity contribution in [2.75, 3.05) is 19.8 Å². The topological polar surface area (TPSA) is 114 Å². The molecule has 2 amide bonds. The Labute approximate surface area is 198 Å². The molecular weight excluding hydrogens is 436 g/mol. The Hall–Kier alpha value is -3.65. The second kappa shape index (κ2) is 10.5. The predicted molar refractivity (Wildman–Crippen MR) is 125 cm³/mol. The molecule has 4 rings (SSSR count). The van der Waals surface area contributed by atoms with Gasteiger partial charge in [-0.2, -0.15) is 0 Å². The SMILES string of the molecule is C=CCCC(NC(=O)OCC1c2ccccc2-c2ccccc21)C(=O)NC1COCC1C(=O)O. The summed E-state index contributed by atoms with van der Waals surface area (Å²) in [6.07, 6.45) is 1.75. The zero-order valence-electron chi connectivity index (χ0n) is 18.7. The fourth-order valence-electron chi connectivity index (χ4n) is 4.56. The molecule has 2 aromatic rings. The van der Waals surface area contributed by atoms with Crippen LogP contribution in [0.3, 0.4) is 0 Å². The summed E-state index contributed by atoms with van der Waals surface area (Å²) in [5.74, 6) is -2.42. The van der Waals surface area contributed by atoms with Gasteiger partial charge in [-0.3, -0.25) is 9.59 Å². The van der Waals surface area contributed by atoms with E-state index in [0.29, 0.717) is 12.8 Å². The lowest BCUT2D eigenvalue weighted by atomic mass is 9.98. The number of carboxylic acids is 1. The van der Waals surface area contributed by atoms with Crippen LogP contribution in [-0.2, 0) is 19.1 Å². The van der Waals surface area contributed by atoms with E-state index < -0.39 is 36.0 Å². The smallest absolute Gasteiger partial charge is 0.407 e. The Morgan fingerprint density at radius 3 is 2.35 bits per heavy atom. The van der Waals surface area contributed by atoms with Crippen molar-refractivity contribution in [3.05, 3.63) is 72.3 Å². The zero-order valence-corrected chi connectivity index (χ0v) is 18.7. The quantitative estimate of drug-likeness (QED) is 0.492. The van der Waals surface area contributed by atoms with E-state index >= 15 is 0 Å². The van der Waals surface area contributed by atoms with E-state index in [-0.39, 0.29) is 25.7 Å². The molecule has 0 spiro atoms. The number of alkyl carbamates (subject to hydrolysis) is 1. The molecule has 3 N–H and O–H groups in total. The molecule has 178 valence electrons. The van der Waals surface area contributed by atoms with E-state index in [9.17, 15) is 19.5 Å². The second-order valence-electron chi connectivity index (χ2n) is 8.49. The highest BCUT2D eigenvalue weighted by atomic mass is 16.5. The van der Waals surface area contributed by atoms with Crippen LogP contribution >= 0.6 is 0 Å². The molecule has 8 nitrogen and oxygen atoms in total. The van der Waals surface area contributed by atoms with E-state index in [0.717, 1.165) is 22.3 Å². The zero-order chi connectivity index (χ0) is 24.1. The van der Waals surface area contributed by atoms with Crippen molar-refractivity contribution in [2.45, 2.75) is 30.8 Å². The molecule has 0 saturated carbocycles. The maximum atomic E-state index is 12.8. The third-order valence-corrected chi connectivity index (χ3v) is 6.34. The van der Waals surface area contributed by atoms with Crippen molar-refractivity contribution in [1.29, 1.82) is 0 Å². The first-order chi connectivity index (χ1) is 16.5. The minimum Gasteiger partial charge on any atom is -0.481 e. The van der Waals surface area contributed by atoms with Crippen molar-refractivity contribution >= 4 is 18.0 Å². The number of hydrogen-bond acceptors (Lipinski definition) is 5. The summed E-state index contributed by atoms with van der Waals surface area (Å²) in [6.45, 7) is 3.95. The Kier molecular flexibility index (Phi) is 7.27. The highest BCUT2D eigenvalue weighted by Crippen LogP contribution is 2.44. The summed E-state index contributed by atoms with van der Waals surface area (Å²) in [5, 5.41) is 14.6. The van der Waals surface area contributed by atoms with Gasteiger partial charge in [0.05, 0.1) is 19.3 Å². The van der Waals surface area contributed by atoms with Crippen molar-refractivity contribution < 1.29 is 29.0 Å². The van der Waals surface area contributed by atoms with E-state index in [1.165, 1.54) is 0 Å². The molecule has 3 unspecified atom stereocenters. The van der Waals surface area contributed by atoms with Crippen LogP contribution < -0.4 is 10.6 Å². The number of fused-ring (bicyclic) bond motifs is 3. The van der Waals surface area contributed by atoms with Crippen molar-refractivity contribution in [1.82, 2.24) is 10.6 Å². The van der Waals surface area contributed by atoms with Crippen molar-refractivity contribution in [2.24, 2.45) is 5.92 Å². The fraction of sp³-hybridized carbons (Fsp3) is 0.346. The molecule has 1 aliphatic carbocycles. The number of carbonyl (C=O) groups is 3. The van der Waals surface area contributed by atoms with Gasteiger partial charge in [-0.1, -0.05) is 54.6 Å². The third-order valence-electron chi connectivity index (χ3n) is 6.34. The molecule has 1 saturated heterocycles. The van der Waals surface area contributed by atoms with Gasteiger partial charge in [0, 0.05) is 5.92 Å². The number of aliphatic carboxylic acids is 1. The molecular formula is C26H28N2O6. The normalized spacial score (nSPS) is 19.5. The third kappa shape index (κ3) is 4.97. The Bertz CT molecular complexity index is 1040. The van der Waals surface area contributed by atoms with Crippen LogP contribution in [0.25, 0.3) is 11.1 Å². The molecule has 3 atom stereocenters. The Morgan fingerprint density at radius 2 is 1.74 bits per heavy atom. The summed E-state index contributed by atoms with van der Waals surface area (Å²) < 4.78 is 10.8. The molecule has 8 heteroatoms. The van der Waals surface area contributed by atoms with Crippen LogP contribution in [0.2, 0.25) is 0 Å². The first kappa shape index (κ1) is 23.5. The first-order valence-corrected chi connectivity index (χ1v) is 11.3. The summed E-state index contributed by atoms with van der Waals surface area (Å²) in [5.41, 5.74) is 4.45. The van der Waals surface area contributed by atoms with E-state index in [4.69, 9.17) is 9.47 Å². The summed E-state index contributed by atoms with van der Waals surface area (Å²) in [4.78, 5) is 36.9. The molecule has 1 fully saturated rings. The number of allylic oxidation sites excluding steroid dienone is 1. The summed E-state index contributed by atoms with van der Waals surface area (Å²) in [6, 6.07) is 14.5. The number of hydrogen-bond donors (Lipinski definition) is 3. The average molecular weight is 465 g/mol. The van der Waals surface area contributed by atoms with Crippen LogP contribution in [0.15, 0.2) is 61.2 Å². The van der Waals surface area contributed by atoms with E-state index in [1.807, 2.05) is 36.4 Å². The molecule has 1 aliphatic heterocycles. The standard InChI is InChI=1S/C26H28N2O6/c1-2-3-12-22(24(29)27-23-15-33-13-21(23)25(30)31)28-26(32)34-14-20-18-10-6-4-8-16(18)17-9-5-7-11-19(17)20/h2,4-11,20-23H,1,3,12-15H2,(H,27,29)(H,28,32)(H,30,31). The van der Waals surface area contributed by atoms with Gasteiger partial charge in [0.2, 0.25) is 5.91 Å². The lowest BCUT2D eigenvalue weighted by Crippen LogP contribution is -2.52. The average Bonchev–Trinajstić information content (AvgIpc) is 3.43. The van der Waals surface area contributed by atoms with Gasteiger partial charge in [-0.15, -0.1) is 6.58 Å². The molecule has 34 heavy (non-hydrogen) atoms. The predicted octanol–water partition coefficient (Wildman–Crippen LogP) is 3.08. The molecule has 0 radical (unpaired) electrons. The van der Waals surface area contributed by atoms with Crippen molar-refractivity contribution in [3.8, 4) is 11.1 Å². The monoisotopic (exact) mass is 464 g/mol. The maximum Gasteiger partial charge on any atom is 0.407 e. The van der Waals surface area contributed by atoms with E-state index in [2.05, 4.69) is 29.3 Å².